The molecule has 0 spiro atoms. The molecule has 1 fully saturated rings. The number of nitrogens with zero attached hydrogens (tertiary/aromatic N) is 1. The number of nitrogens with one attached hydrogen (secondary N) is 1. The number of hydrogen-bond donors (Lipinski definition) is 2. The fourth-order valence-corrected chi connectivity index (χ4v) is 2.62. The Morgan fingerprint density at radius 3 is 2.58 bits per heavy atom. The van der Waals surface area contributed by atoms with Gasteiger partial charge in [-0.2, -0.15) is 0 Å². The zero-order valence-electron chi connectivity index (χ0n) is 11.7. The molecule has 0 amide bonds. The Bertz CT molecular complexity index is 394. The van der Waals surface area contributed by atoms with Crippen LogP contribution in [0.15, 0.2) is 18.2 Å². The normalized spacial score (nSPS) is 18.1. The van der Waals surface area contributed by atoms with Crippen LogP contribution in [-0.4, -0.2) is 35.2 Å². The Balaban J connectivity index is 1.80. The number of rotatable bonds is 4. The maximum atomic E-state index is 13.1. The number of benzene rings is 1. The van der Waals surface area contributed by atoms with Gasteiger partial charge in [0.1, 0.15) is 11.6 Å². The SMILES string of the molecule is CC(C)N1CCC(NCc2cc(O)cc(F)c2)CC1. The largest absolute Gasteiger partial charge is 0.508 e. The summed E-state index contributed by atoms with van der Waals surface area (Å²) in [6.45, 7) is 7.29. The highest BCUT2D eigenvalue weighted by atomic mass is 19.1. The van der Waals surface area contributed by atoms with E-state index in [0.29, 0.717) is 18.6 Å². The monoisotopic (exact) mass is 266 g/mol. The van der Waals surface area contributed by atoms with Gasteiger partial charge in [-0.3, -0.25) is 0 Å². The average Bonchev–Trinajstić information content (AvgIpc) is 2.36. The van der Waals surface area contributed by atoms with Crippen LogP contribution in [0, 0.1) is 5.82 Å². The zero-order valence-corrected chi connectivity index (χ0v) is 11.7. The fraction of sp³-hybridized carbons (Fsp3) is 0.600. The summed E-state index contributed by atoms with van der Waals surface area (Å²) in [5, 5.41) is 12.8. The number of hydrogen-bond acceptors (Lipinski definition) is 3. The first kappa shape index (κ1) is 14.3. The molecular weight excluding hydrogens is 243 g/mol. The highest BCUT2D eigenvalue weighted by Gasteiger charge is 2.20. The summed E-state index contributed by atoms with van der Waals surface area (Å²) in [4.78, 5) is 2.48. The molecule has 4 heteroatoms. The van der Waals surface area contributed by atoms with Crippen LogP contribution in [0.5, 0.6) is 5.75 Å². The second-order valence-corrected chi connectivity index (χ2v) is 5.60. The van der Waals surface area contributed by atoms with Crippen molar-refractivity contribution in [1.29, 1.82) is 0 Å². The maximum Gasteiger partial charge on any atom is 0.127 e. The van der Waals surface area contributed by atoms with Gasteiger partial charge < -0.3 is 15.3 Å². The Kier molecular flexibility index (Phi) is 4.77. The molecule has 0 unspecified atom stereocenters. The molecule has 2 rings (SSSR count). The molecule has 1 saturated heterocycles. The Morgan fingerprint density at radius 2 is 2.00 bits per heavy atom. The summed E-state index contributed by atoms with van der Waals surface area (Å²) in [5.74, 6) is -0.391. The lowest BCUT2D eigenvalue weighted by atomic mass is 10.0. The first-order chi connectivity index (χ1) is 9.04. The van der Waals surface area contributed by atoms with Gasteiger partial charge in [0.05, 0.1) is 0 Å². The minimum atomic E-state index is -0.383. The topological polar surface area (TPSA) is 35.5 Å². The standard InChI is InChI=1S/C15H23FN2O/c1-11(2)18-5-3-14(4-6-18)17-10-12-7-13(16)9-15(19)8-12/h7-9,11,14,17,19H,3-6,10H2,1-2H3. The van der Waals surface area contributed by atoms with Gasteiger partial charge in [0.25, 0.3) is 0 Å². The van der Waals surface area contributed by atoms with Crippen molar-refractivity contribution in [3.63, 3.8) is 0 Å². The van der Waals surface area contributed by atoms with Crippen LogP contribution >= 0.6 is 0 Å². The van der Waals surface area contributed by atoms with E-state index in [2.05, 4.69) is 24.1 Å². The van der Waals surface area contributed by atoms with E-state index in [-0.39, 0.29) is 11.6 Å². The van der Waals surface area contributed by atoms with Crippen LogP contribution in [-0.2, 0) is 6.54 Å². The van der Waals surface area contributed by atoms with Crippen LogP contribution in [0.1, 0.15) is 32.3 Å². The van der Waals surface area contributed by atoms with Crippen molar-refractivity contribution in [2.24, 2.45) is 0 Å². The van der Waals surface area contributed by atoms with Gasteiger partial charge in [-0.15, -0.1) is 0 Å². The van der Waals surface area contributed by atoms with Gasteiger partial charge in [0.2, 0.25) is 0 Å². The van der Waals surface area contributed by atoms with Crippen molar-refractivity contribution in [1.82, 2.24) is 10.2 Å². The van der Waals surface area contributed by atoms with E-state index in [4.69, 9.17) is 0 Å². The van der Waals surface area contributed by atoms with Gasteiger partial charge >= 0.3 is 0 Å². The average molecular weight is 266 g/mol. The molecular formula is C15H23FN2O. The van der Waals surface area contributed by atoms with Crippen LogP contribution in [0.25, 0.3) is 0 Å². The second-order valence-electron chi connectivity index (χ2n) is 5.60. The molecule has 1 aliphatic heterocycles. The number of piperidine rings is 1. The molecule has 1 heterocycles. The molecule has 0 bridgehead atoms. The minimum Gasteiger partial charge on any atom is -0.508 e. The summed E-state index contributed by atoms with van der Waals surface area (Å²) in [7, 11) is 0. The highest BCUT2D eigenvalue weighted by Crippen LogP contribution is 2.16. The van der Waals surface area contributed by atoms with Crippen molar-refractivity contribution >= 4 is 0 Å². The molecule has 0 radical (unpaired) electrons. The number of phenols is 1. The first-order valence-electron chi connectivity index (χ1n) is 7.00. The molecule has 2 N–H and O–H groups in total. The third-order valence-corrected chi connectivity index (χ3v) is 3.80. The molecule has 0 atom stereocenters. The van der Waals surface area contributed by atoms with E-state index >= 15 is 0 Å². The molecule has 1 aromatic rings. The minimum absolute atomic E-state index is 0.00794. The Morgan fingerprint density at radius 1 is 1.32 bits per heavy atom. The number of phenolic OH excluding ortho intramolecular Hbond substituents is 1. The molecule has 1 aromatic carbocycles. The summed E-state index contributed by atoms with van der Waals surface area (Å²) in [5.41, 5.74) is 0.795. The second kappa shape index (κ2) is 6.35. The molecule has 106 valence electrons. The van der Waals surface area contributed by atoms with E-state index in [9.17, 15) is 9.50 Å². The Labute approximate surface area is 114 Å². The fourth-order valence-electron chi connectivity index (χ4n) is 2.62. The lowest BCUT2D eigenvalue weighted by Gasteiger charge is -2.35. The van der Waals surface area contributed by atoms with Crippen molar-refractivity contribution in [3.8, 4) is 5.75 Å². The summed E-state index contributed by atoms with van der Waals surface area (Å²) < 4.78 is 13.1. The van der Waals surface area contributed by atoms with Crippen LogP contribution < -0.4 is 5.32 Å². The van der Waals surface area contributed by atoms with E-state index in [1.807, 2.05) is 0 Å². The number of halogens is 1. The number of likely N-dealkylation sites (tertiary alicyclic amines) is 1. The molecule has 3 nitrogen and oxygen atoms in total. The molecule has 0 aromatic heterocycles. The summed E-state index contributed by atoms with van der Waals surface area (Å²) >= 11 is 0. The first-order valence-corrected chi connectivity index (χ1v) is 7.00. The van der Waals surface area contributed by atoms with Crippen molar-refractivity contribution in [2.75, 3.05) is 13.1 Å². The van der Waals surface area contributed by atoms with Gasteiger partial charge in [-0.25, -0.2) is 4.39 Å². The van der Waals surface area contributed by atoms with Gasteiger partial charge in [-0.1, -0.05) is 0 Å². The lowest BCUT2D eigenvalue weighted by Crippen LogP contribution is -2.44. The van der Waals surface area contributed by atoms with E-state index < -0.39 is 0 Å². The zero-order chi connectivity index (χ0) is 13.8. The predicted octanol–water partition coefficient (Wildman–Crippen LogP) is 2.49. The van der Waals surface area contributed by atoms with Gasteiger partial charge in [0, 0.05) is 24.7 Å². The Hall–Kier alpha value is -1.13. The predicted molar refractivity (Wildman–Crippen MR) is 74.6 cm³/mol. The maximum absolute atomic E-state index is 13.1. The molecule has 19 heavy (non-hydrogen) atoms. The van der Waals surface area contributed by atoms with Crippen LogP contribution in [0.2, 0.25) is 0 Å². The molecule has 0 aliphatic carbocycles. The third kappa shape index (κ3) is 4.18. The summed E-state index contributed by atoms with van der Waals surface area (Å²) in [6, 6.07) is 5.31. The smallest absolute Gasteiger partial charge is 0.127 e. The van der Waals surface area contributed by atoms with E-state index in [0.717, 1.165) is 37.6 Å². The molecule has 1 aliphatic rings. The quantitative estimate of drug-likeness (QED) is 0.879. The van der Waals surface area contributed by atoms with E-state index in [1.165, 1.54) is 6.07 Å². The van der Waals surface area contributed by atoms with E-state index in [1.54, 1.807) is 6.07 Å². The van der Waals surface area contributed by atoms with Gasteiger partial charge in [-0.05, 0) is 57.5 Å². The van der Waals surface area contributed by atoms with Crippen molar-refractivity contribution in [2.45, 2.75) is 45.3 Å². The van der Waals surface area contributed by atoms with Crippen molar-refractivity contribution < 1.29 is 9.50 Å². The lowest BCUT2D eigenvalue weighted by molar-refractivity contribution is 0.161. The van der Waals surface area contributed by atoms with Crippen LogP contribution in [0.4, 0.5) is 4.39 Å². The number of aromatic hydroxyl groups is 1. The molecule has 0 saturated carbocycles. The summed E-state index contributed by atoms with van der Waals surface area (Å²) in [6.07, 6.45) is 2.25. The van der Waals surface area contributed by atoms with Crippen LogP contribution in [0.3, 0.4) is 0 Å². The third-order valence-electron chi connectivity index (χ3n) is 3.80. The van der Waals surface area contributed by atoms with Gasteiger partial charge in [0.15, 0.2) is 0 Å². The van der Waals surface area contributed by atoms with Crippen molar-refractivity contribution in [3.05, 3.63) is 29.6 Å². The highest BCUT2D eigenvalue weighted by molar-refractivity contribution is 5.28.